The van der Waals surface area contributed by atoms with Crippen LogP contribution >= 0.6 is 0 Å². The van der Waals surface area contributed by atoms with E-state index in [1.54, 1.807) is 12.2 Å². The maximum Gasteiger partial charge on any atom is 0.330 e. The molecule has 0 aromatic carbocycles. The zero-order valence-electron chi connectivity index (χ0n) is 9.90. The predicted molar refractivity (Wildman–Crippen MR) is 66.7 cm³/mol. The van der Waals surface area contributed by atoms with E-state index in [4.69, 9.17) is 11.2 Å². The van der Waals surface area contributed by atoms with Gasteiger partial charge in [0.2, 0.25) is 0 Å². The van der Waals surface area contributed by atoms with E-state index in [9.17, 15) is 4.79 Å². The Bertz CT molecular complexity index is 323. The molecule has 0 N–H and O–H groups in total. The fourth-order valence-corrected chi connectivity index (χ4v) is 0.937. The maximum absolute atomic E-state index is 11.1. The molecule has 2 nitrogen and oxygen atoms in total. The Morgan fingerprint density at radius 2 is 2.12 bits per heavy atom. The summed E-state index contributed by atoms with van der Waals surface area (Å²) in [5.41, 5.74) is 0.948. The normalized spacial score (nSPS) is 10.3. The van der Waals surface area contributed by atoms with Crippen molar-refractivity contribution >= 4 is 5.97 Å². The molecule has 0 spiro atoms. The van der Waals surface area contributed by atoms with Crippen molar-refractivity contribution in [1.82, 2.24) is 0 Å². The lowest BCUT2D eigenvalue weighted by atomic mass is 10.3. The van der Waals surface area contributed by atoms with Crippen molar-refractivity contribution in [3.63, 3.8) is 0 Å². The van der Waals surface area contributed by atoms with Gasteiger partial charge in [-0.25, -0.2) is 4.79 Å². The number of allylic oxidation sites excluding steroid dienone is 5. The second-order valence-corrected chi connectivity index (χ2v) is 3.49. The molecular weight excluding hydrogens is 200 g/mol. The van der Waals surface area contributed by atoms with Gasteiger partial charge >= 0.3 is 5.97 Å². The summed E-state index contributed by atoms with van der Waals surface area (Å²) in [6, 6.07) is 0. The van der Waals surface area contributed by atoms with Crippen molar-refractivity contribution in [3.05, 3.63) is 36.0 Å². The number of ether oxygens (including phenoxy) is 1. The molecule has 0 aromatic heterocycles. The van der Waals surface area contributed by atoms with Gasteiger partial charge in [0, 0.05) is 6.08 Å². The average molecular weight is 218 g/mol. The Balaban J connectivity index is 3.52. The molecule has 16 heavy (non-hydrogen) atoms. The molecule has 2 heteroatoms. The van der Waals surface area contributed by atoms with Gasteiger partial charge in [0.25, 0.3) is 0 Å². The smallest absolute Gasteiger partial charge is 0.330 e. The van der Waals surface area contributed by atoms with Crippen molar-refractivity contribution in [2.75, 3.05) is 6.61 Å². The molecule has 0 amide bonds. The van der Waals surface area contributed by atoms with Gasteiger partial charge in [0.1, 0.15) is 0 Å². The fourth-order valence-electron chi connectivity index (χ4n) is 0.937. The van der Waals surface area contributed by atoms with Crippen LogP contribution in [-0.4, -0.2) is 12.6 Å². The Labute approximate surface area is 97.7 Å². The number of esters is 1. The van der Waals surface area contributed by atoms with Crippen LogP contribution in [0, 0.1) is 12.3 Å². The van der Waals surface area contributed by atoms with Gasteiger partial charge < -0.3 is 4.74 Å². The largest absolute Gasteiger partial charge is 0.463 e. The minimum absolute atomic E-state index is 0.267. The minimum Gasteiger partial charge on any atom is -0.463 e. The van der Waals surface area contributed by atoms with Crippen LogP contribution in [0.2, 0.25) is 0 Å². The van der Waals surface area contributed by atoms with E-state index < -0.39 is 0 Å². The summed E-state index contributed by atoms with van der Waals surface area (Å²) in [4.78, 5) is 11.1. The third-order valence-electron chi connectivity index (χ3n) is 1.61. The zero-order valence-corrected chi connectivity index (χ0v) is 9.90. The summed E-state index contributed by atoms with van der Waals surface area (Å²) in [5.74, 6) is 2.13. The first-order chi connectivity index (χ1) is 7.66. The topological polar surface area (TPSA) is 26.3 Å². The van der Waals surface area contributed by atoms with Gasteiger partial charge in [-0.2, -0.15) is 0 Å². The molecule has 0 bridgehead atoms. The molecule has 0 aromatic rings. The number of rotatable bonds is 6. The van der Waals surface area contributed by atoms with Crippen LogP contribution in [-0.2, 0) is 9.53 Å². The monoisotopic (exact) mass is 218 g/mol. The number of hydrogen-bond acceptors (Lipinski definition) is 2. The Morgan fingerprint density at radius 3 is 2.75 bits per heavy atom. The van der Waals surface area contributed by atoms with E-state index in [1.807, 2.05) is 26.0 Å². The molecule has 0 atom stereocenters. The molecular formula is C14H18O2. The van der Waals surface area contributed by atoms with Gasteiger partial charge in [-0.15, -0.1) is 6.42 Å². The van der Waals surface area contributed by atoms with Crippen molar-refractivity contribution in [3.8, 4) is 12.3 Å². The molecule has 0 aliphatic heterocycles. The molecule has 0 radical (unpaired) electrons. The van der Waals surface area contributed by atoms with E-state index in [1.165, 1.54) is 6.08 Å². The van der Waals surface area contributed by atoms with Crippen molar-refractivity contribution in [1.29, 1.82) is 0 Å². The first-order valence-corrected chi connectivity index (χ1v) is 5.26. The molecule has 0 unspecified atom stereocenters. The molecule has 86 valence electrons. The van der Waals surface area contributed by atoms with E-state index >= 15 is 0 Å². The van der Waals surface area contributed by atoms with E-state index in [2.05, 4.69) is 5.92 Å². The summed E-state index contributed by atoms with van der Waals surface area (Å²) >= 11 is 0. The van der Waals surface area contributed by atoms with Crippen LogP contribution in [0.3, 0.4) is 0 Å². The third kappa shape index (κ3) is 10.3. The number of unbranched alkanes of at least 4 members (excludes halogenated alkanes) is 1. The maximum atomic E-state index is 11.1. The Hall–Kier alpha value is -1.75. The highest BCUT2D eigenvalue weighted by Crippen LogP contribution is 1.95. The van der Waals surface area contributed by atoms with Crippen molar-refractivity contribution < 1.29 is 9.53 Å². The molecule has 0 aliphatic carbocycles. The average Bonchev–Trinajstić information content (AvgIpc) is 2.21. The first-order valence-electron chi connectivity index (χ1n) is 5.26. The van der Waals surface area contributed by atoms with Gasteiger partial charge in [-0.1, -0.05) is 29.7 Å². The molecule has 0 aliphatic rings. The number of hydrogen-bond donors (Lipinski definition) is 0. The zero-order chi connectivity index (χ0) is 12.2. The number of carbonyl (C=O) groups is 1. The van der Waals surface area contributed by atoms with Crippen LogP contribution in [0.4, 0.5) is 0 Å². The van der Waals surface area contributed by atoms with E-state index in [0.29, 0.717) is 6.61 Å². The summed E-state index contributed by atoms with van der Waals surface area (Å²) in [5, 5.41) is 0. The van der Waals surface area contributed by atoms with Crippen LogP contribution in [0.1, 0.15) is 26.7 Å². The fraction of sp³-hybridized carbons (Fsp3) is 0.357. The Morgan fingerprint density at radius 1 is 1.38 bits per heavy atom. The van der Waals surface area contributed by atoms with Crippen molar-refractivity contribution in [2.45, 2.75) is 26.7 Å². The second-order valence-electron chi connectivity index (χ2n) is 3.49. The van der Waals surface area contributed by atoms with Gasteiger partial charge in [0.05, 0.1) is 6.61 Å². The van der Waals surface area contributed by atoms with Gasteiger partial charge in [0.15, 0.2) is 0 Å². The van der Waals surface area contributed by atoms with E-state index in [-0.39, 0.29) is 5.97 Å². The highest BCUT2D eigenvalue weighted by molar-refractivity contribution is 5.82. The highest BCUT2D eigenvalue weighted by Gasteiger charge is 1.95. The SMILES string of the molecule is C#C/C=C\C=C\CCCOC(=O)C=C(C)C. The van der Waals surface area contributed by atoms with Gasteiger partial charge in [-0.3, -0.25) is 0 Å². The van der Waals surface area contributed by atoms with Crippen LogP contribution in [0.15, 0.2) is 36.0 Å². The van der Waals surface area contributed by atoms with Crippen LogP contribution < -0.4 is 0 Å². The third-order valence-corrected chi connectivity index (χ3v) is 1.61. The molecule has 0 saturated heterocycles. The molecule has 0 rings (SSSR count). The molecule has 0 fully saturated rings. The lowest BCUT2D eigenvalue weighted by Gasteiger charge is -1.99. The predicted octanol–water partition coefficient (Wildman–Crippen LogP) is 3.02. The molecule has 0 heterocycles. The van der Waals surface area contributed by atoms with Crippen molar-refractivity contribution in [2.24, 2.45) is 0 Å². The summed E-state index contributed by atoms with van der Waals surface area (Å²) in [6.45, 7) is 4.18. The van der Waals surface area contributed by atoms with Crippen LogP contribution in [0.25, 0.3) is 0 Å². The minimum atomic E-state index is -0.267. The number of carbonyl (C=O) groups excluding carboxylic acids is 1. The van der Waals surface area contributed by atoms with E-state index in [0.717, 1.165) is 18.4 Å². The quantitative estimate of drug-likeness (QED) is 0.225. The summed E-state index contributed by atoms with van der Waals surface area (Å²) in [6.07, 6.45) is 15.5. The molecule has 0 saturated carbocycles. The number of terminal acetylenes is 1. The standard InChI is InChI=1S/C14H18O2/c1-4-5-6-7-8-9-10-11-16-14(15)12-13(2)3/h1,5-8,12H,9-11H2,2-3H3/b6-5-,8-7+. The first kappa shape index (κ1) is 14.2. The lowest BCUT2D eigenvalue weighted by molar-refractivity contribution is -0.137. The highest BCUT2D eigenvalue weighted by atomic mass is 16.5. The summed E-state index contributed by atoms with van der Waals surface area (Å²) < 4.78 is 4.98. The summed E-state index contributed by atoms with van der Waals surface area (Å²) in [7, 11) is 0. The second kappa shape index (κ2) is 9.79. The lowest BCUT2D eigenvalue weighted by Crippen LogP contribution is -2.02. The van der Waals surface area contributed by atoms with Crippen LogP contribution in [0.5, 0.6) is 0 Å². The van der Waals surface area contributed by atoms with Gasteiger partial charge in [-0.05, 0) is 32.8 Å². The Kier molecular flexibility index (Phi) is 8.72.